The zero-order chi connectivity index (χ0) is 47.8. The number of hydrogen-bond donors (Lipinski definition) is 10. The minimum Gasteiger partial charge on any atom is -0.502 e. The van der Waals surface area contributed by atoms with Crippen molar-refractivity contribution in [3.8, 4) is 23.0 Å². The molecule has 0 aliphatic rings. The lowest BCUT2D eigenvalue weighted by molar-refractivity contribution is 0.0711. The van der Waals surface area contributed by atoms with Gasteiger partial charge in [0.05, 0.1) is 48.7 Å². The molecular weight excluding hydrogens is 873 g/mol. The molecule has 24 heteroatoms. The van der Waals surface area contributed by atoms with E-state index in [1.165, 1.54) is 58.9 Å². The van der Waals surface area contributed by atoms with Crippen molar-refractivity contribution >= 4 is 23.6 Å². The Hall–Kier alpha value is -7.28. The summed E-state index contributed by atoms with van der Waals surface area (Å²) in [5.41, 5.74) is -5.18. The number of nitrogens with one attached hydrogen (secondary N) is 2. The van der Waals surface area contributed by atoms with Crippen molar-refractivity contribution in [3.63, 3.8) is 0 Å². The van der Waals surface area contributed by atoms with Crippen molar-refractivity contribution in [2.24, 2.45) is 0 Å². The largest absolute Gasteiger partial charge is 0.502 e. The van der Waals surface area contributed by atoms with Gasteiger partial charge in [-0.05, 0) is 43.5 Å². The number of carbonyl (C=O) groups is 4. The fourth-order valence-electron chi connectivity index (χ4n) is 6.65. The zero-order valence-corrected chi connectivity index (χ0v) is 35.2. The predicted molar refractivity (Wildman–Crippen MR) is 235 cm³/mol. The van der Waals surface area contributed by atoms with Crippen molar-refractivity contribution in [3.05, 3.63) is 113 Å². The number of aliphatic hydroxyl groups is 4. The van der Waals surface area contributed by atoms with E-state index >= 15 is 0 Å². The third-order valence-corrected chi connectivity index (χ3v) is 10.1. The first-order chi connectivity index (χ1) is 31.1. The maximum Gasteiger partial charge on any atom is 0.293 e. The monoisotopic (exact) mass is 928 g/mol. The molecule has 24 nitrogen and oxygen atoms in total. The van der Waals surface area contributed by atoms with Crippen molar-refractivity contribution in [2.45, 2.75) is 52.9 Å². The van der Waals surface area contributed by atoms with Crippen LogP contribution in [0.5, 0.6) is 23.0 Å². The summed E-state index contributed by atoms with van der Waals surface area (Å²) in [5.74, 6) is -6.79. The molecule has 66 heavy (non-hydrogen) atoms. The number of nitrogens with zero attached hydrogens (tertiary/aromatic N) is 6. The molecule has 0 fully saturated rings. The van der Waals surface area contributed by atoms with Gasteiger partial charge in [-0.2, -0.15) is 0 Å². The molecule has 0 bridgehead atoms. The summed E-state index contributed by atoms with van der Waals surface area (Å²) >= 11 is 0. The SMILES string of the molecule is C.O=C(NCCCN(CCCN(CCCNC(=O)c1ccn(CCO)c(=O)c1O)C(=O)c1ccn(CCO)c(=O)c1O)C(=O)c1ccn(CCO)c(=O)c1O)c1ccn(CCO)c(=O)c1O. The maximum absolute atomic E-state index is 13.9. The topological polar surface area (TPSA) is 349 Å². The second kappa shape index (κ2) is 25.3. The van der Waals surface area contributed by atoms with E-state index in [-0.39, 0.29) is 116 Å². The minimum absolute atomic E-state index is 0. The van der Waals surface area contributed by atoms with Gasteiger partial charge >= 0.3 is 0 Å². The van der Waals surface area contributed by atoms with Crippen LogP contribution in [0, 0.1) is 0 Å². The quantitative estimate of drug-likeness (QED) is 0.0322. The number of aliphatic hydroxyl groups excluding tert-OH is 4. The van der Waals surface area contributed by atoms with Gasteiger partial charge < -0.3 is 79.6 Å². The third-order valence-electron chi connectivity index (χ3n) is 10.1. The lowest BCUT2D eigenvalue weighted by Crippen LogP contribution is -2.40. The van der Waals surface area contributed by atoms with E-state index in [1.807, 2.05) is 0 Å². The van der Waals surface area contributed by atoms with E-state index in [9.17, 15) is 69.0 Å². The lowest BCUT2D eigenvalue weighted by atomic mass is 10.1. The third kappa shape index (κ3) is 12.9. The van der Waals surface area contributed by atoms with Crippen LogP contribution in [0.1, 0.15) is 68.1 Å². The highest BCUT2D eigenvalue weighted by atomic mass is 16.3. The van der Waals surface area contributed by atoms with Crippen molar-refractivity contribution in [1.82, 2.24) is 38.7 Å². The maximum atomic E-state index is 13.9. The van der Waals surface area contributed by atoms with Crippen LogP contribution in [0.15, 0.2) is 68.2 Å². The van der Waals surface area contributed by atoms with Crippen molar-refractivity contribution in [2.75, 3.05) is 65.7 Å². The number of rotatable bonds is 24. The predicted octanol–water partition coefficient (Wildman–Crippen LogP) is -2.62. The van der Waals surface area contributed by atoms with Gasteiger partial charge in [0.2, 0.25) is 0 Å². The molecule has 4 heterocycles. The fourth-order valence-corrected chi connectivity index (χ4v) is 6.65. The Bertz CT molecular complexity index is 2410. The van der Waals surface area contributed by atoms with Gasteiger partial charge in [-0.1, -0.05) is 7.43 Å². The van der Waals surface area contributed by atoms with Crippen LogP contribution in [0.2, 0.25) is 0 Å². The molecule has 0 unspecified atom stereocenters. The van der Waals surface area contributed by atoms with Gasteiger partial charge in [0.25, 0.3) is 45.9 Å². The van der Waals surface area contributed by atoms with Crippen LogP contribution in [0.3, 0.4) is 0 Å². The molecule has 0 aromatic carbocycles. The molecular formula is C42H56N8O16. The number of hydrogen-bond acceptors (Lipinski definition) is 16. The van der Waals surface area contributed by atoms with E-state index < -0.39 is 93.2 Å². The molecule has 0 radical (unpaired) electrons. The molecule has 360 valence electrons. The standard InChI is InChI=1S/C41H52N8O16.CH4/c50-22-18-46-14-4-26(30(54)38(46)62)34(58)42-8-1-10-44(36(60)28-6-16-48(20-24-52)40(64)32(28)56)12-3-13-45(37(61)29-7-17-49(21-25-53)41(65)33(29)57)11-2-9-43-35(59)27-5-15-47(19-23-51)39(63)31(27)55;/h4-7,14-17,50-57H,1-3,8-13,18-25H2,(H,42,58)(H,43,59);1H4. The smallest absolute Gasteiger partial charge is 0.293 e. The molecule has 0 spiro atoms. The normalized spacial score (nSPS) is 10.8. The highest BCUT2D eigenvalue weighted by Gasteiger charge is 2.25. The molecule has 0 saturated carbocycles. The Morgan fingerprint density at radius 3 is 0.985 bits per heavy atom. The molecule has 4 aromatic heterocycles. The number of pyridine rings is 4. The molecule has 10 N–H and O–H groups in total. The van der Waals surface area contributed by atoms with E-state index in [0.29, 0.717) is 0 Å². The summed E-state index contributed by atoms with van der Waals surface area (Å²) < 4.78 is 4.00. The Labute approximate surface area is 376 Å². The molecule has 0 aliphatic heterocycles. The van der Waals surface area contributed by atoms with Crippen LogP contribution in [-0.2, 0) is 26.2 Å². The highest BCUT2D eigenvalue weighted by Crippen LogP contribution is 2.18. The summed E-state index contributed by atoms with van der Waals surface area (Å²) in [6.45, 7) is -2.98. The second-order valence-electron chi connectivity index (χ2n) is 14.4. The summed E-state index contributed by atoms with van der Waals surface area (Å²) in [6, 6.07) is 4.73. The highest BCUT2D eigenvalue weighted by molar-refractivity contribution is 5.98. The molecule has 0 aliphatic carbocycles. The van der Waals surface area contributed by atoms with Gasteiger partial charge in [-0.3, -0.25) is 38.4 Å². The molecule has 4 rings (SSSR count). The lowest BCUT2D eigenvalue weighted by Gasteiger charge is -2.27. The Morgan fingerprint density at radius 1 is 0.439 bits per heavy atom. The van der Waals surface area contributed by atoms with E-state index in [4.69, 9.17) is 10.2 Å². The summed E-state index contributed by atoms with van der Waals surface area (Å²) in [4.78, 5) is 106. The second-order valence-corrected chi connectivity index (χ2v) is 14.4. The zero-order valence-electron chi connectivity index (χ0n) is 35.2. The Balaban J connectivity index is 0.0000116. The van der Waals surface area contributed by atoms with Gasteiger partial charge in [-0.25, -0.2) is 0 Å². The first-order valence-electron chi connectivity index (χ1n) is 20.4. The number of carbonyl (C=O) groups excluding carboxylic acids is 4. The van der Waals surface area contributed by atoms with Crippen molar-refractivity contribution < 1.29 is 60.0 Å². The number of aromatic nitrogens is 4. The van der Waals surface area contributed by atoms with Gasteiger partial charge in [0.1, 0.15) is 0 Å². The fraction of sp³-hybridized carbons (Fsp3) is 0.429. The van der Waals surface area contributed by atoms with Gasteiger partial charge in [0.15, 0.2) is 23.0 Å². The van der Waals surface area contributed by atoms with Gasteiger partial charge in [-0.15, -0.1) is 0 Å². The van der Waals surface area contributed by atoms with Crippen LogP contribution in [-0.4, -0.2) is 158 Å². The first kappa shape index (κ1) is 53.1. The van der Waals surface area contributed by atoms with Crippen LogP contribution < -0.4 is 32.9 Å². The first-order valence-corrected chi connectivity index (χ1v) is 20.4. The summed E-state index contributed by atoms with van der Waals surface area (Å²) in [5, 5.41) is 84.0. The Morgan fingerprint density at radius 2 is 0.697 bits per heavy atom. The van der Waals surface area contributed by atoms with Crippen LogP contribution >= 0.6 is 0 Å². The van der Waals surface area contributed by atoms with E-state index in [1.54, 1.807) is 0 Å². The molecule has 0 saturated heterocycles. The molecule has 4 amide bonds. The average Bonchev–Trinajstić information content (AvgIpc) is 3.28. The Kier molecular flexibility index (Phi) is 20.3. The van der Waals surface area contributed by atoms with Gasteiger partial charge in [0, 0.05) is 90.2 Å². The van der Waals surface area contributed by atoms with Crippen LogP contribution in [0.4, 0.5) is 0 Å². The molecule has 4 aromatic rings. The summed E-state index contributed by atoms with van der Waals surface area (Å²) in [6.07, 6.45) is 4.95. The molecule has 0 atom stereocenters. The van der Waals surface area contributed by atoms with E-state index in [2.05, 4.69) is 10.6 Å². The van der Waals surface area contributed by atoms with Crippen molar-refractivity contribution in [1.29, 1.82) is 0 Å². The van der Waals surface area contributed by atoms with Crippen LogP contribution in [0.25, 0.3) is 0 Å². The summed E-state index contributed by atoms with van der Waals surface area (Å²) in [7, 11) is 0. The average molecular weight is 929 g/mol. The van der Waals surface area contributed by atoms with E-state index in [0.717, 1.165) is 18.3 Å². The number of aromatic hydroxyl groups is 4. The number of amides is 4. The minimum atomic E-state index is -0.955.